The molecule has 0 amide bonds. The summed E-state index contributed by atoms with van der Waals surface area (Å²) in [6.07, 6.45) is 2.90. The van der Waals surface area contributed by atoms with Crippen molar-refractivity contribution >= 4 is 0 Å². The maximum absolute atomic E-state index is 5.44. The fraction of sp³-hybridized carbons (Fsp3) is 0.600. The summed E-state index contributed by atoms with van der Waals surface area (Å²) in [5.74, 6) is 0. The standard InChI is InChI=1S/C10H20N2/c1-8(2)12-10(4)7-5-6-9(3)11/h8,12H,3-7,11H2,1-2H3. The van der Waals surface area contributed by atoms with Crippen LogP contribution >= 0.6 is 0 Å². The van der Waals surface area contributed by atoms with Gasteiger partial charge < -0.3 is 11.1 Å². The lowest BCUT2D eigenvalue weighted by Gasteiger charge is -2.12. The Hall–Kier alpha value is -0.920. The van der Waals surface area contributed by atoms with Crippen LogP contribution < -0.4 is 11.1 Å². The highest BCUT2D eigenvalue weighted by atomic mass is 14.9. The first-order valence-electron chi connectivity index (χ1n) is 4.40. The topological polar surface area (TPSA) is 38.0 Å². The van der Waals surface area contributed by atoms with Gasteiger partial charge in [-0.3, -0.25) is 0 Å². The molecule has 0 radical (unpaired) electrons. The SMILES string of the molecule is C=C(N)CCCC(=C)NC(C)C. The van der Waals surface area contributed by atoms with Gasteiger partial charge in [0.1, 0.15) is 0 Å². The molecular formula is C10H20N2. The van der Waals surface area contributed by atoms with E-state index in [4.69, 9.17) is 5.73 Å². The van der Waals surface area contributed by atoms with Crippen LogP contribution in [0.2, 0.25) is 0 Å². The van der Waals surface area contributed by atoms with Crippen molar-refractivity contribution in [1.29, 1.82) is 0 Å². The highest BCUT2D eigenvalue weighted by Gasteiger charge is 1.96. The predicted octanol–water partition coefficient (Wildman–Crippen LogP) is 2.14. The Morgan fingerprint density at radius 1 is 1.33 bits per heavy atom. The van der Waals surface area contributed by atoms with E-state index in [0.717, 1.165) is 30.7 Å². The minimum Gasteiger partial charge on any atom is -0.403 e. The minimum atomic E-state index is 0.471. The molecule has 0 aliphatic rings. The lowest BCUT2D eigenvalue weighted by molar-refractivity contribution is 0.629. The summed E-state index contributed by atoms with van der Waals surface area (Å²) in [7, 11) is 0. The fourth-order valence-electron chi connectivity index (χ4n) is 1.01. The van der Waals surface area contributed by atoms with Crippen molar-refractivity contribution < 1.29 is 0 Å². The zero-order valence-electron chi connectivity index (χ0n) is 8.19. The number of rotatable bonds is 6. The molecule has 70 valence electrons. The van der Waals surface area contributed by atoms with Crippen LogP contribution in [-0.2, 0) is 0 Å². The van der Waals surface area contributed by atoms with Crippen molar-refractivity contribution in [2.75, 3.05) is 0 Å². The first kappa shape index (κ1) is 11.1. The second-order valence-corrected chi connectivity index (χ2v) is 3.41. The van der Waals surface area contributed by atoms with Gasteiger partial charge in [0, 0.05) is 17.4 Å². The van der Waals surface area contributed by atoms with Crippen LogP contribution in [0.3, 0.4) is 0 Å². The predicted molar refractivity (Wildman–Crippen MR) is 54.6 cm³/mol. The second-order valence-electron chi connectivity index (χ2n) is 3.41. The van der Waals surface area contributed by atoms with Gasteiger partial charge in [-0.15, -0.1) is 0 Å². The van der Waals surface area contributed by atoms with Crippen LogP contribution in [0, 0.1) is 0 Å². The second kappa shape index (κ2) is 5.70. The van der Waals surface area contributed by atoms with E-state index in [2.05, 4.69) is 32.3 Å². The number of nitrogens with two attached hydrogens (primary N) is 1. The Morgan fingerprint density at radius 2 is 1.92 bits per heavy atom. The lowest BCUT2D eigenvalue weighted by Crippen LogP contribution is -2.21. The zero-order chi connectivity index (χ0) is 9.56. The van der Waals surface area contributed by atoms with E-state index in [1.807, 2.05) is 0 Å². The Kier molecular flexibility index (Phi) is 5.26. The average Bonchev–Trinajstić information content (AvgIpc) is 1.84. The normalized spacial score (nSPS) is 9.92. The smallest absolute Gasteiger partial charge is 0.0201 e. The zero-order valence-corrected chi connectivity index (χ0v) is 8.19. The van der Waals surface area contributed by atoms with Gasteiger partial charge in [0.2, 0.25) is 0 Å². The maximum atomic E-state index is 5.44. The molecule has 0 aliphatic carbocycles. The molecule has 0 aromatic carbocycles. The van der Waals surface area contributed by atoms with Crippen molar-refractivity contribution in [3.05, 3.63) is 24.6 Å². The summed E-state index contributed by atoms with van der Waals surface area (Å²) in [6, 6.07) is 0.471. The van der Waals surface area contributed by atoms with Crippen molar-refractivity contribution in [3.8, 4) is 0 Å². The molecule has 0 saturated carbocycles. The monoisotopic (exact) mass is 168 g/mol. The minimum absolute atomic E-state index is 0.471. The third-order valence-electron chi connectivity index (χ3n) is 1.47. The summed E-state index contributed by atoms with van der Waals surface area (Å²) in [5.41, 5.74) is 7.28. The highest BCUT2D eigenvalue weighted by Crippen LogP contribution is 2.05. The van der Waals surface area contributed by atoms with Gasteiger partial charge in [-0.05, 0) is 33.1 Å². The lowest BCUT2D eigenvalue weighted by atomic mass is 10.1. The molecule has 0 fully saturated rings. The Balaban J connectivity index is 3.38. The molecule has 0 aliphatic heterocycles. The van der Waals surface area contributed by atoms with Crippen molar-refractivity contribution in [2.24, 2.45) is 5.73 Å². The van der Waals surface area contributed by atoms with Gasteiger partial charge in [-0.2, -0.15) is 0 Å². The molecule has 2 heteroatoms. The summed E-state index contributed by atoms with van der Waals surface area (Å²) in [5, 5.41) is 3.25. The number of hydrogen-bond donors (Lipinski definition) is 2. The largest absolute Gasteiger partial charge is 0.403 e. The van der Waals surface area contributed by atoms with E-state index in [1.54, 1.807) is 0 Å². The van der Waals surface area contributed by atoms with Crippen LogP contribution in [0.15, 0.2) is 24.6 Å². The molecule has 3 N–H and O–H groups in total. The van der Waals surface area contributed by atoms with E-state index < -0.39 is 0 Å². The molecule has 0 atom stereocenters. The Labute approximate surface area is 75.5 Å². The van der Waals surface area contributed by atoms with Gasteiger partial charge >= 0.3 is 0 Å². The molecule has 0 heterocycles. The molecule has 0 rings (SSSR count). The number of nitrogens with one attached hydrogen (secondary N) is 1. The fourth-order valence-corrected chi connectivity index (χ4v) is 1.01. The third kappa shape index (κ3) is 7.19. The third-order valence-corrected chi connectivity index (χ3v) is 1.47. The molecule has 2 nitrogen and oxygen atoms in total. The van der Waals surface area contributed by atoms with Crippen LogP contribution in [0.4, 0.5) is 0 Å². The van der Waals surface area contributed by atoms with Crippen LogP contribution in [0.5, 0.6) is 0 Å². The van der Waals surface area contributed by atoms with Crippen molar-refractivity contribution in [1.82, 2.24) is 5.32 Å². The molecule has 0 bridgehead atoms. The molecule has 0 aromatic rings. The van der Waals surface area contributed by atoms with E-state index in [-0.39, 0.29) is 0 Å². The highest BCUT2D eigenvalue weighted by molar-refractivity contribution is 4.94. The first-order valence-corrected chi connectivity index (χ1v) is 4.40. The Bertz CT molecular complexity index is 159. The van der Waals surface area contributed by atoms with Crippen LogP contribution in [-0.4, -0.2) is 6.04 Å². The van der Waals surface area contributed by atoms with Gasteiger partial charge in [-0.25, -0.2) is 0 Å². The van der Waals surface area contributed by atoms with Gasteiger partial charge in [-0.1, -0.05) is 13.2 Å². The molecule has 0 saturated heterocycles. The molecule has 0 aromatic heterocycles. The average molecular weight is 168 g/mol. The van der Waals surface area contributed by atoms with Gasteiger partial charge in [0.15, 0.2) is 0 Å². The summed E-state index contributed by atoms with van der Waals surface area (Å²) >= 11 is 0. The van der Waals surface area contributed by atoms with E-state index >= 15 is 0 Å². The van der Waals surface area contributed by atoms with Crippen LogP contribution in [0.1, 0.15) is 33.1 Å². The van der Waals surface area contributed by atoms with Crippen LogP contribution in [0.25, 0.3) is 0 Å². The molecule has 0 unspecified atom stereocenters. The molecule has 0 spiro atoms. The van der Waals surface area contributed by atoms with E-state index in [0.29, 0.717) is 6.04 Å². The quantitative estimate of drug-likeness (QED) is 0.637. The van der Waals surface area contributed by atoms with Gasteiger partial charge in [0.25, 0.3) is 0 Å². The molecule has 12 heavy (non-hydrogen) atoms. The van der Waals surface area contributed by atoms with Crippen molar-refractivity contribution in [2.45, 2.75) is 39.2 Å². The van der Waals surface area contributed by atoms with Gasteiger partial charge in [0.05, 0.1) is 0 Å². The number of hydrogen-bond acceptors (Lipinski definition) is 2. The molecular weight excluding hydrogens is 148 g/mol. The summed E-state index contributed by atoms with van der Waals surface area (Å²) in [4.78, 5) is 0. The summed E-state index contributed by atoms with van der Waals surface area (Å²) in [6.45, 7) is 11.8. The first-order chi connectivity index (χ1) is 5.52. The van der Waals surface area contributed by atoms with E-state index in [1.165, 1.54) is 0 Å². The van der Waals surface area contributed by atoms with Crippen molar-refractivity contribution in [3.63, 3.8) is 0 Å². The maximum Gasteiger partial charge on any atom is 0.0201 e. The summed E-state index contributed by atoms with van der Waals surface area (Å²) < 4.78 is 0. The number of allylic oxidation sites excluding steroid dienone is 2. The Morgan fingerprint density at radius 3 is 2.33 bits per heavy atom. The van der Waals surface area contributed by atoms with E-state index in [9.17, 15) is 0 Å².